The first kappa shape index (κ1) is 16.1. The molecule has 1 aromatic rings. The van der Waals surface area contributed by atoms with Gasteiger partial charge in [0.2, 0.25) is 17.7 Å². The lowest BCUT2D eigenvalue weighted by atomic mass is 9.63. The fourth-order valence-corrected chi connectivity index (χ4v) is 4.57. The maximum atomic E-state index is 12.9. The molecule has 0 radical (unpaired) electrons. The number of benzene rings is 1. The largest absolute Gasteiger partial charge is 0.324 e. The summed E-state index contributed by atoms with van der Waals surface area (Å²) in [5.74, 6) is -0.948. The third kappa shape index (κ3) is 2.49. The fourth-order valence-electron chi connectivity index (χ4n) is 4.57. The molecule has 5 atom stereocenters. The van der Waals surface area contributed by atoms with Crippen LogP contribution in [0.25, 0.3) is 0 Å². The van der Waals surface area contributed by atoms with Crippen LogP contribution < -0.4 is 5.32 Å². The Hall–Kier alpha value is -2.43. The molecule has 0 spiro atoms. The van der Waals surface area contributed by atoms with Gasteiger partial charge in [0.25, 0.3) is 0 Å². The number of carbonyl (C=O) groups is 3. The molecule has 0 aromatic heterocycles. The van der Waals surface area contributed by atoms with E-state index in [0.29, 0.717) is 5.69 Å². The number of hydrogen-bond acceptors (Lipinski definition) is 3. The summed E-state index contributed by atoms with van der Waals surface area (Å²) >= 11 is 0. The second kappa shape index (κ2) is 5.83. The highest BCUT2D eigenvalue weighted by atomic mass is 16.2. The maximum Gasteiger partial charge on any atom is 0.247 e. The molecule has 5 unspecified atom stereocenters. The molecular formula is C20H22N2O3. The van der Waals surface area contributed by atoms with Crippen molar-refractivity contribution >= 4 is 23.4 Å². The Morgan fingerprint density at radius 2 is 1.72 bits per heavy atom. The van der Waals surface area contributed by atoms with Gasteiger partial charge >= 0.3 is 0 Å². The Morgan fingerprint density at radius 1 is 1.12 bits per heavy atom. The van der Waals surface area contributed by atoms with Crippen LogP contribution in [0.1, 0.15) is 25.3 Å². The van der Waals surface area contributed by atoms with Gasteiger partial charge in [-0.25, -0.2) is 0 Å². The van der Waals surface area contributed by atoms with Crippen molar-refractivity contribution in [1.29, 1.82) is 0 Å². The molecule has 2 fully saturated rings. The Balaban J connectivity index is 1.54. The first-order valence-electron chi connectivity index (χ1n) is 8.90. The second-order valence-electron chi connectivity index (χ2n) is 7.42. The topological polar surface area (TPSA) is 66.5 Å². The summed E-state index contributed by atoms with van der Waals surface area (Å²) in [5.41, 5.74) is 1.71. The number of fused-ring (bicyclic) bond motifs is 1. The van der Waals surface area contributed by atoms with Gasteiger partial charge in [-0.1, -0.05) is 24.3 Å². The second-order valence-corrected chi connectivity index (χ2v) is 7.42. The summed E-state index contributed by atoms with van der Waals surface area (Å²) in [6, 6.07) is 6.67. The number of amides is 3. The number of nitrogens with zero attached hydrogens (tertiary/aromatic N) is 1. The molecule has 1 aromatic carbocycles. The zero-order valence-corrected chi connectivity index (χ0v) is 14.4. The molecule has 1 saturated heterocycles. The van der Waals surface area contributed by atoms with Crippen LogP contribution in [-0.4, -0.2) is 28.7 Å². The van der Waals surface area contributed by atoms with Gasteiger partial charge in [-0.15, -0.1) is 0 Å². The van der Waals surface area contributed by atoms with E-state index in [1.54, 1.807) is 13.0 Å². The van der Waals surface area contributed by atoms with Crippen LogP contribution in [0, 0.1) is 30.6 Å². The summed E-state index contributed by atoms with van der Waals surface area (Å²) in [6.45, 7) is 3.58. The molecule has 5 rings (SSSR count). The fraction of sp³-hybridized carbons (Fsp3) is 0.450. The lowest BCUT2D eigenvalue weighted by Gasteiger charge is -2.38. The molecule has 5 nitrogen and oxygen atoms in total. The third-order valence-electron chi connectivity index (χ3n) is 5.85. The van der Waals surface area contributed by atoms with Gasteiger partial charge in [0, 0.05) is 5.69 Å². The van der Waals surface area contributed by atoms with E-state index in [0.717, 1.165) is 18.4 Å². The summed E-state index contributed by atoms with van der Waals surface area (Å²) in [5, 5.41) is 2.82. The van der Waals surface area contributed by atoms with E-state index in [9.17, 15) is 14.4 Å². The molecule has 3 amide bonds. The van der Waals surface area contributed by atoms with Gasteiger partial charge in [-0.2, -0.15) is 0 Å². The minimum absolute atomic E-state index is 0.142. The number of hydrogen-bond donors (Lipinski definition) is 1. The quantitative estimate of drug-likeness (QED) is 0.680. The maximum absolute atomic E-state index is 12.9. The molecule has 2 bridgehead atoms. The molecule has 25 heavy (non-hydrogen) atoms. The van der Waals surface area contributed by atoms with Gasteiger partial charge in [-0.05, 0) is 56.2 Å². The van der Waals surface area contributed by atoms with Gasteiger partial charge in [0.1, 0.15) is 6.04 Å². The van der Waals surface area contributed by atoms with Crippen molar-refractivity contribution in [2.45, 2.75) is 32.7 Å². The number of likely N-dealkylation sites (tertiary alicyclic amines) is 1. The highest BCUT2D eigenvalue weighted by molar-refractivity contribution is 6.10. The van der Waals surface area contributed by atoms with E-state index in [2.05, 4.69) is 17.5 Å². The lowest BCUT2D eigenvalue weighted by Crippen LogP contribution is -2.46. The van der Waals surface area contributed by atoms with Crippen molar-refractivity contribution in [3.63, 3.8) is 0 Å². The van der Waals surface area contributed by atoms with Gasteiger partial charge < -0.3 is 5.32 Å². The first-order chi connectivity index (χ1) is 12.0. The molecule has 1 heterocycles. The summed E-state index contributed by atoms with van der Waals surface area (Å²) in [6.07, 6.45) is 6.08. The number of nitrogens with one attached hydrogen (secondary N) is 1. The number of imide groups is 1. The van der Waals surface area contributed by atoms with Crippen molar-refractivity contribution < 1.29 is 14.4 Å². The highest BCUT2D eigenvalue weighted by Gasteiger charge is 2.58. The van der Waals surface area contributed by atoms with E-state index in [-0.39, 0.29) is 41.4 Å². The van der Waals surface area contributed by atoms with Crippen molar-refractivity contribution in [2.75, 3.05) is 5.32 Å². The van der Waals surface area contributed by atoms with Gasteiger partial charge in [0.05, 0.1) is 11.8 Å². The average Bonchev–Trinajstić information content (AvgIpc) is 2.88. The van der Waals surface area contributed by atoms with Crippen LogP contribution in [-0.2, 0) is 14.4 Å². The SMILES string of the molecule is Cc1cccc(NC(=O)C(C)N2C(=O)C3C4C=CC(CC4)C3C2=O)c1. The predicted octanol–water partition coefficient (Wildman–Crippen LogP) is 2.52. The van der Waals surface area contributed by atoms with Crippen molar-refractivity contribution in [2.24, 2.45) is 23.7 Å². The highest BCUT2D eigenvalue weighted by Crippen LogP contribution is 2.49. The lowest BCUT2D eigenvalue weighted by molar-refractivity contribution is -0.146. The van der Waals surface area contributed by atoms with E-state index in [1.807, 2.05) is 25.1 Å². The number of anilines is 1. The summed E-state index contributed by atoms with van der Waals surface area (Å²) < 4.78 is 0. The zero-order chi connectivity index (χ0) is 17.7. The van der Waals surface area contributed by atoms with Gasteiger partial charge in [0.15, 0.2) is 0 Å². The first-order valence-corrected chi connectivity index (χ1v) is 8.90. The minimum atomic E-state index is -0.800. The number of rotatable bonds is 3. The molecule has 5 heteroatoms. The summed E-state index contributed by atoms with van der Waals surface area (Å²) in [7, 11) is 0. The van der Waals surface area contributed by atoms with Crippen LogP contribution in [0.5, 0.6) is 0 Å². The number of carbonyl (C=O) groups excluding carboxylic acids is 3. The Morgan fingerprint density at radius 3 is 2.24 bits per heavy atom. The van der Waals surface area contributed by atoms with Gasteiger partial charge in [-0.3, -0.25) is 19.3 Å². The number of aryl methyl sites for hydroxylation is 1. The Bertz CT molecular complexity index is 753. The van der Waals surface area contributed by atoms with E-state index < -0.39 is 6.04 Å². The molecule has 4 aliphatic rings. The van der Waals surface area contributed by atoms with Crippen molar-refractivity contribution in [3.05, 3.63) is 42.0 Å². The zero-order valence-electron chi connectivity index (χ0n) is 14.4. The minimum Gasteiger partial charge on any atom is -0.324 e. The predicted molar refractivity (Wildman–Crippen MR) is 93.5 cm³/mol. The summed E-state index contributed by atoms with van der Waals surface area (Å²) in [4.78, 5) is 39.6. The molecule has 130 valence electrons. The molecule has 1 aliphatic heterocycles. The Labute approximate surface area is 147 Å². The van der Waals surface area contributed by atoms with Crippen molar-refractivity contribution in [3.8, 4) is 0 Å². The average molecular weight is 338 g/mol. The molecule has 1 saturated carbocycles. The normalized spacial score (nSPS) is 31.2. The van der Waals surface area contributed by atoms with E-state index >= 15 is 0 Å². The van der Waals surface area contributed by atoms with E-state index in [4.69, 9.17) is 0 Å². The van der Waals surface area contributed by atoms with Crippen LogP contribution >= 0.6 is 0 Å². The van der Waals surface area contributed by atoms with E-state index in [1.165, 1.54) is 4.90 Å². The standard InChI is InChI=1S/C20H22N2O3/c1-11-4-3-5-15(10-11)21-18(23)12(2)22-19(24)16-13-6-7-14(9-8-13)17(16)20(22)25/h3-7,10,12-14,16-17H,8-9H2,1-2H3,(H,21,23). The number of allylic oxidation sites excluding steroid dienone is 2. The monoisotopic (exact) mass is 338 g/mol. The van der Waals surface area contributed by atoms with Crippen molar-refractivity contribution in [1.82, 2.24) is 4.90 Å². The van der Waals surface area contributed by atoms with Crippen LogP contribution in [0.2, 0.25) is 0 Å². The Kier molecular flexibility index (Phi) is 3.74. The smallest absolute Gasteiger partial charge is 0.247 e. The van der Waals surface area contributed by atoms with Crippen LogP contribution in [0.15, 0.2) is 36.4 Å². The molecule has 3 aliphatic carbocycles. The van der Waals surface area contributed by atoms with Crippen LogP contribution in [0.3, 0.4) is 0 Å². The van der Waals surface area contributed by atoms with Crippen LogP contribution in [0.4, 0.5) is 5.69 Å². The molecular weight excluding hydrogens is 316 g/mol. The molecule has 1 N–H and O–H groups in total. The third-order valence-corrected chi connectivity index (χ3v) is 5.85.